The molecule has 0 amide bonds. The van der Waals surface area contributed by atoms with Gasteiger partial charge in [0.25, 0.3) is 0 Å². The molecule has 0 aromatic rings. The summed E-state index contributed by atoms with van der Waals surface area (Å²) in [6.45, 7) is 4.38. The van der Waals surface area contributed by atoms with Crippen LogP contribution in [0.1, 0.15) is 328 Å². The minimum Gasteiger partial charge on any atom is -0.462 e. The van der Waals surface area contributed by atoms with Crippen molar-refractivity contribution in [2.24, 2.45) is 0 Å². The molecule has 79 heavy (non-hydrogen) atoms. The minimum absolute atomic E-state index is 0.0324. The van der Waals surface area contributed by atoms with Gasteiger partial charge in [0, 0.05) is 12.8 Å². The van der Waals surface area contributed by atoms with E-state index >= 15 is 0 Å². The van der Waals surface area contributed by atoms with Crippen LogP contribution in [0.5, 0.6) is 0 Å². The molecular weight excluding hydrogens is 1000 g/mol. The summed E-state index contributed by atoms with van der Waals surface area (Å²) in [7, 11) is 1.49. The number of hydrogen-bond donors (Lipinski definition) is 1. The Balaban J connectivity index is 4.02. The van der Waals surface area contributed by atoms with Gasteiger partial charge in [0.05, 0.1) is 27.7 Å². The van der Waals surface area contributed by atoms with Crippen molar-refractivity contribution < 1.29 is 42.1 Å². The van der Waals surface area contributed by atoms with Crippen LogP contribution in [0.2, 0.25) is 0 Å². The maximum Gasteiger partial charge on any atom is 0.472 e. The lowest BCUT2D eigenvalue weighted by molar-refractivity contribution is -0.870. The van der Waals surface area contributed by atoms with E-state index in [0.29, 0.717) is 23.9 Å². The van der Waals surface area contributed by atoms with Gasteiger partial charge in [-0.1, -0.05) is 313 Å². The zero-order valence-electron chi connectivity index (χ0n) is 52.9. The summed E-state index contributed by atoms with van der Waals surface area (Å²) < 4.78 is 34.7. The number of nitrogens with zero attached hydrogens (tertiary/aromatic N) is 1. The lowest BCUT2D eigenvalue weighted by atomic mass is 10.0. The third kappa shape index (κ3) is 65.0. The maximum absolute atomic E-state index is 12.9. The normalized spacial score (nSPS) is 13.4. The molecule has 0 fully saturated rings. The van der Waals surface area contributed by atoms with Crippen LogP contribution in [0, 0.1) is 0 Å². The molecule has 0 aliphatic rings. The van der Waals surface area contributed by atoms with Gasteiger partial charge < -0.3 is 18.9 Å². The summed E-state index contributed by atoms with van der Waals surface area (Å²) >= 11 is 0. The lowest BCUT2D eigenvalue weighted by Crippen LogP contribution is -2.37. The first-order valence-corrected chi connectivity index (χ1v) is 35.4. The molecule has 0 bridgehead atoms. The second-order valence-electron chi connectivity index (χ2n) is 24.2. The van der Waals surface area contributed by atoms with Crippen LogP contribution in [0.3, 0.4) is 0 Å². The van der Waals surface area contributed by atoms with E-state index in [9.17, 15) is 19.0 Å². The monoisotopic (exact) mass is 1130 g/mol. The molecule has 0 saturated carbocycles. The average molecular weight is 1130 g/mol. The smallest absolute Gasteiger partial charge is 0.462 e. The van der Waals surface area contributed by atoms with Gasteiger partial charge >= 0.3 is 19.8 Å². The van der Waals surface area contributed by atoms with Gasteiger partial charge in [-0.3, -0.25) is 18.6 Å². The van der Waals surface area contributed by atoms with E-state index in [-0.39, 0.29) is 25.6 Å². The van der Waals surface area contributed by atoms with E-state index in [0.717, 1.165) is 64.2 Å². The molecular formula is C69H131NO8P+. The van der Waals surface area contributed by atoms with Crippen molar-refractivity contribution in [3.8, 4) is 0 Å². The van der Waals surface area contributed by atoms with Crippen LogP contribution >= 0.6 is 7.82 Å². The highest BCUT2D eigenvalue weighted by atomic mass is 31.2. The summed E-state index contributed by atoms with van der Waals surface area (Å²) in [5.41, 5.74) is 0. The first kappa shape index (κ1) is 77.0. The molecule has 2 atom stereocenters. The Kier molecular flexibility index (Phi) is 59.0. The first-order chi connectivity index (χ1) is 38.5. The van der Waals surface area contributed by atoms with E-state index < -0.39 is 26.5 Å². The van der Waals surface area contributed by atoms with E-state index in [2.05, 4.69) is 62.5 Å². The molecule has 0 radical (unpaired) electrons. The third-order valence-corrected chi connectivity index (χ3v) is 16.1. The van der Waals surface area contributed by atoms with Gasteiger partial charge in [-0.2, -0.15) is 0 Å². The summed E-state index contributed by atoms with van der Waals surface area (Å²) in [6.07, 6.45) is 77.8. The highest BCUT2D eigenvalue weighted by molar-refractivity contribution is 7.47. The van der Waals surface area contributed by atoms with Gasteiger partial charge in [0.1, 0.15) is 19.8 Å². The van der Waals surface area contributed by atoms with Crippen LogP contribution in [0.25, 0.3) is 0 Å². The molecule has 0 aliphatic heterocycles. The number of allylic oxidation sites excluding steroid dienone is 8. The molecule has 0 saturated heterocycles. The third-order valence-electron chi connectivity index (χ3n) is 15.1. The number of carbonyl (C=O) groups excluding carboxylic acids is 2. The average Bonchev–Trinajstić information content (AvgIpc) is 3.41. The summed E-state index contributed by atoms with van der Waals surface area (Å²) in [5.74, 6) is -0.783. The SMILES string of the molecule is CC/C=C\C/C=C\C/C=C\C/C=C\CCCCCCCCCCCCCCC(=O)OC(COC(=O)CCCCCCCCCCCCCCCCCCCCCCCCCCCCCCCC)COP(=O)(O)OCC[N+](C)(C)C. The Hall–Kier alpha value is -2.03. The molecule has 1 N–H and O–H groups in total. The van der Waals surface area contributed by atoms with Gasteiger partial charge in [-0.25, -0.2) is 4.57 Å². The zero-order chi connectivity index (χ0) is 57.7. The maximum atomic E-state index is 12.9. The molecule has 464 valence electrons. The van der Waals surface area contributed by atoms with Gasteiger partial charge in [0.2, 0.25) is 0 Å². The number of hydrogen-bond acceptors (Lipinski definition) is 7. The van der Waals surface area contributed by atoms with Crippen LogP contribution in [-0.4, -0.2) is 74.9 Å². The summed E-state index contributed by atoms with van der Waals surface area (Å²) in [5, 5.41) is 0. The fourth-order valence-electron chi connectivity index (χ4n) is 9.95. The number of phosphoric acid groups is 1. The van der Waals surface area contributed by atoms with E-state index in [1.165, 1.54) is 231 Å². The fraction of sp³-hybridized carbons (Fsp3) is 0.855. The van der Waals surface area contributed by atoms with E-state index in [1.807, 2.05) is 21.1 Å². The lowest BCUT2D eigenvalue weighted by Gasteiger charge is -2.24. The Morgan fingerprint density at radius 2 is 0.722 bits per heavy atom. The molecule has 0 rings (SSSR count). The second-order valence-corrected chi connectivity index (χ2v) is 25.6. The molecule has 0 aromatic heterocycles. The topological polar surface area (TPSA) is 108 Å². The van der Waals surface area contributed by atoms with Crippen molar-refractivity contribution in [3.05, 3.63) is 48.6 Å². The Bertz CT molecular complexity index is 1470. The zero-order valence-corrected chi connectivity index (χ0v) is 53.8. The summed E-state index contributed by atoms with van der Waals surface area (Å²) in [4.78, 5) is 35.8. The molecule has 0 spiro atoms. The molecule has 2 unspecified atom stereocenters. The van der Waals surface area contributed by atoms with Crippen molar-refractivity contribution in [3.63, 3.8) is 0 Å². The highest BCUT2D eigenvalue weighted by Gasteiger charge is 2.27. The number of likely N-dealkylation sites (N-methyl/N-ethyl adjacent to an activating group) is 1. The van der Waals surface area contributed by atoms with Crippen LogP contribution in [0.4, 0.5) is 0 Å². The first-order valence-electron chi connectivity index (χ1n) is 33.9. The standard InChI is InChI=1S/C69H130NO8P/c1-6-8-10-12-14-16-18-20-22-24-26-28-30-32-33-34-35-36-38-39-41-43-45-47-49-51-53-55-57-59-61-68(71)75-65-67(66-77-79(73,74)76-64-63-70(3,4)5)78-69(72)62-60-58-56-54-52-50-48-46-44-42-40-37-31-29-27-25-23-21-19-17-15-13-11-9-7-2/h9,11,15,17,21,23,27,29,67H,6-8,10,12-14,16,18-20,22,24-26,28,30-66H2,1-5H3/p+1/b11-9-,17-15-,23-21-,29-27-. The van der Waals surface area contributed by atoms with Gasteiger partial charge in [-0.05, 0) is 51.4 Å². The molecule has 0 aliphatic carbocycles. The number of phosphoric ester groups is 1. The highest BCUT2D eigenvalue weighted by Crippen LogP contribution is 2.43. The molecule has 0 aromatic carbocycles. The van der Waals surface area contributed by atoms with Crippen molar-refractivity contribution in [1.82, 2.24) is 0 Å². The number of unbranched alkanes of at least 4 members (excludes halogenated alkanes) is 41. The Morgan fingerprint density at radius 3 is 1.08 bits per heavy atom. The molecule has 9 nitrogen and oxygen atoms in total. The van der Waals surface area contributed by atoms with Crippen molar-refractivity contribution in [2.75, 3.05) is 47.5 Å². The largest absolute Gasteiger partial charge is 0.472 e. The quantitative estimate of drug-likeness (QED) is 0.0211. The van der Waals surface area contributed by atoms with Crippen molar-refractivity contribution in [2.45, 2.75) is 335 Å². The van der Waals surface area contributed by atoms with Crippen LogP contribution in [0.15, 0.2) is 48.6 Å². The van der Waals surface area contributed by atoms with Crippen LogP contribution in [-0.2, 0) is 32.7 Å². The number of quaternary nitrogens is 1. The van der Waals surface area contributed by atoms with Gasteiger partial charge in [0.15, 0.2) is 6.10 Å². The Labute approximate surface area is 490 Å². The van der Waals surface area contributed by atoms with Crippen LogP contribution < -0.4 is 0 Å². The van der Waals surface area contributed by atoms with Crippen molar-refractivity contribution in [1.29, 1.82) is 0 Å². The number of ether oxygens (including phenoxy) is 2. The molecule has 10 heteroatoms. The van der Waals surface area contributed by atoms with E-state index in [4.69, 9.17) is 18.5 Å². The van der Waals surface area contributed by atoms with Crippen molar-refractivity contribution >= 4 is 19.8 Å². The van der Waals surface area contributed by atoms with E-state index in [1.54, 1.807) is 0 Å². The Morgan fingerprint density at radius 1 is 0.405 bits per heavy atom. The number of esters is 2. The minimum atomic E-state index is -4.39. The summed E-state index contributed by atoms with van der Waals surface area (Å²) in [6, 6.07) is 0. The second kappa shape index (κ2) is 60.6. The predicted molar refractivity (Wildman–Crippen MR) is 340 cm³/mol. The number of carbonyl (C=O) groups is 2. The van der Waals surface area contributed by atoms with Gasteiger partial charge in [-0.15, -0.1) is 0 Å². The fourth-order valence-corrected chi connectivity index (χ4v) is 10.7. The predicted octanol–water partition coefficient (Wildman–Crippen LogP) is 21.7. The molecule has 0 heterocycles. The number of rotatable bonds is 63.